The number of fused-ring (bicyclic) bond motifs is 1. The number of benzene rings is 1. The SMILES string of the molecule is CN1C(=O)COc2ccc(CNC(=O)CS)cc21. The third kappa shape index (κ3) is 2.59. The molecule has 1 aromatic rings. The summed E-state index contributed by atoms with van der Waals surface area (Å²) in [5, 5.41) is 2.72. The van der Waals surface area contributed by atoms with Gasteiger partial charge in [0.25, 0.3) is 5.91 Å². The summed E-state index contributed by atoms with van der Waals surface area (Å²) < 4.78 is 5.32. The van der Waals surface area contributed by atoms with E-state index in [0.29, 0.717) is 12.3 Å². The van der Waals surface area contributed by atoms with Gasteiger partial charge in [-0.2, -0.15) is 12.6 Å². The number of likely N-dealkylation sites (N-methyl/N-ethyl adjacent to an activating group) is 1. The zero-order valence-electron chi connectivity index (χ0n) is 9.97. The Morgan fingerprint density at radius 2 is 2.33 bits per heavy atom. The van der Waals surface area contributed by atoms with E-state index in [4.69, 9.17) is 4.74 Å². The van der Waals surface area contributed by atoms with Crippen molar-refractivity contribution in [2.75, 3.05) is 24.3 Å². The first-order valence-electron chi connectivity index (χ1n) is 5.51. The third-order valence-corrected chi connectivity index (χ3v) is 3.03. The van der Waals surface area contributed by atoms with Crippen LogP contribution in [0.1, 0.15) is 5.56 Å². The average molecular weight is 266 g/mol. The van der Waals surface area contributed by atoms with Crippen molar-refractivity contribution in [2.45, 2.75) is 6.54 Å². The summed E-state index contributed by atoms with van der Waals surface area (Å²) >= 11 is 3.88. The Labute approximate surface area is 111 Å². The molecule has 0 radical (unpaired) electrons. The number of carbonyl (C=O) groups is 2. The predicted molar refractivity (Wildman–Crippen MR) is 71.0 cm³/mol. The van der Waals surface area contributed by atoms with Crippen molar-refractivity contribution < 1.29 is 14.3 Å². The molecule has 0 spiro atoms. The summed E-state index contributed by atoms with van der Waals surface area (Å²) in [5.41, 5.74) is 1.64. The summed E-state index contributed by atoms with van der Waals surface area (Å²) in [4.78, 5) is 24.2. The van der Waals surface area contributed by atoms with Crippen molar-refractivity contribution >= 4 is 30.1 Å². The highest BCUT2D eigenvalue weighted by Crippen LogP contribution is 2.31. The molecule has 0 aromatic heterocycles. The minimum atomic E-state index is -0.128. The molecule has 0 fully saturated rings. The van der Waals surface area contributed by atoms with E-state index in [1.807, 2.05) is 12.1 Å². The molecule has 0 saturated carbocycles. The molecule has 2 amide bonds. The Hall–Kier alpha value is -1.69. The molecule has 6 heteroatoms. The fraction of sp³-hybridized carbons (Fsp3) is 0.333. The summed E-state index contributed by atoms with van der Waals surface area (Å²) in [6.07, 6.45) is 0. The van der Waals surface area contributed by atoms with Gasteiger partial charge in [-0.25, -0.2) is 0 Å². The standard InChI is InChI=1S/C12H14N2O3S/c1-14-9-4-8(5-13-11(15)7-18)2-3-10(9)17-6-12(14)16/h2-4,18H,5-7H2,1H3,(H,13,15). The first-order chi connectivity index (χ1) is 8.61. The van der Waals surface area contributed by atoms with E-state index >= 15 is 0 Å². The van der Waals surface area contributed by atoms with Gasteiger partial charge in [0, 0.05) is 13.6 Å². The summed E-state index contributed by atoms with van der Waals surface area (Å²) in [6, 6.07) is 5.51. The quantitative estimate of drug-likeness (QED) is 0.787. The summed E-state index contributed by atoms with van der Waals surface area (Å²) in [7, 11) is 1.71. The molecule has 1 aliphatic rings. The van der Waals surface area contributed by atoms with Crippen LogP contribution in [0.5, 0.6) is 5.75 Å². The topological polar surface area (TPSA) is 58.6 Å². The molecule has 18 heavy (non-hydrogen) atoms. The van der Waals surface area contributed by atoms with Crippen LogP contribution in [0.4, 0.5) is 5.69 Å². The largest absolute Gasteiger partial charge is 0.482 e. The van der Waals surface area contributed by atoms with Crippen LogP contribution in [-0.2, 0) is 16.1 Å². The normalized spacial score (nSPS) is 13.9. The fourth-order valence-corrected chi connectivity index (χ4v) is 1.80. The van der Waals surface area contributed by atoms with E-state index in [2.05, 4.69) is 17.9 Å². The highest BCUT2D eigenvalue weighted by molar-refractivity contribution is 7.81. The molecule has 1 aromatic carbocycles. The zero-order chi connectivity index (χ0) is 13.1. The molecular weight excluding hydrogens is 252 g/mol. The Kier molecular flexibility index (Phi) is 3.76. The van der Waals surface area contributed by atoms with Crippen molar-refractivity contribution in [3.63, 3.8) is 0 Å². The molecule has 1 aliphatic heterocycles. The average Bonchev–Trinajstić information content (AvgIpc) is 2.40. The van der Waals surface area contributed by atoms with E-state index in [1.165, 1.54) is 0 Å². The minimum absolute atomic E-state index is 0.0687. The van der Waals surface area contributed by atoms with Crippen molar-refractivity contribution in [3.8, 4) is 5.75 Å². The second kappa shape index (κ2) is 5.30. The highest BCUT2D eigenvalue weighted by Gasteiger charge is 2.22. The van der Waals surface area contributed by atoms with Crippen LogP contribution in [0.25, 0.3) is 0 Å². The summed E-state index contributed by atoms with van der Waals surface area (Å²) in [5.74, 6) is 0.629. The number of ether oxygens (including phenoxy) is 1. The van der Waals surface area contributed by atoms with Gasteiger partial charge < -0.3 is 15.0 Å². The third-order valence-electron chi connectivity index (χ3n) is 2.74. The van der Waals surface area contributed by atoms with Crippen LogP contribution in [-0.4, -0.2) is 31.2 Å². The van der Waals surface area contributed by atoms with E-state index in [1.54, 1.807) is 18.0 Å². The number of amides is 2. The van der Waals surface area contributed by atoms with E-state index in [0.717, 1.165) is 11.3 Å². The Bertz CT molecular complexity index is 490. The van der Waals surface area contributed by atoms with E-state index in [-0.39, 0.29) is 24.2 Å². The number of hydrogen-bond donors (Lipinski definition) is 2. The van der Waals surface area contributed by atoms with Gasteiger partial charge in [0.15, 0.2) is 6.61 Å². The molecule has 0 saturated heterocycles. The maximum atomic E-state index is 11.5. The van der Waals surface area contributed by atoms with E-state index < -0.39 is 0 Å². The summed E-state index contributed by atoms with van der Waals surface area (Å²) in [6.45, 7) is 0.480. The van der Waals surface area contributed by atoms with Gasteiger partial charge in [-0.05, 0) is 17.7 Å². The molecule has 0 aliphatic carbocycles. The molecule has 1 N–H and O–H groups in total. The van der Waals surface area contributed by atoms with Gasteiger partial charge in [0.1, 0.15) is 5.75 Å². The molecule has 2 rings (SSSR count). The number of thiol groups is 1. The molecule has 96 valence electrons. The highest BCUT2D eigenvalue weighted by atomic mass is 32.1. The van der Waals surface area contributed by atoms with Gasteiger partial charge in [0.05, 0.1) is 11.4 Å². The molecule has 0 atom stereocenters. The van der Waals surface area contributed by atoms with Gasteiger partial charge in [-0.1, -0.05) is 6.07 Å². The number of nitrogens with one attached hydrogen (secondary N) is 1. The minimum Gasteiger partial charge on any atom is -0.482 e. The van der Waals surface area contributed by atoms with Crippen LogP contribution in [0.2, 0.25) is 0 Å². The maximum absolute atomic E-state index is 11.5. The number of hydrogen-bond acceptors (Lipinski definition) is 4. The molecule has 0 bridgehead atoms. The van der Waals surface area contributed by atoms with Crippen LogP contribution < -0.4 is 15.0 Å². The number of carbonyl (C=O) groups excluding carboxylic acids is 2. The lowest BCUT2D eigenvalue weighted by molar-refractivity contribution is -0.121. The zero-order valence-corrected chi connectivity index (χ0v) is 10.9. The van der Waals surface area contributed by atoms with Gasteiger partial charge in [-0.15, -0.1) is 0 Å². The Morgan fingerprint density at radius 1 is 1.56 bits per heavy atom. The van der Waals surface area contributed by atoms with Crippen LogP contribution in [0.3, 0.4) is 0 Å². The maximum Gasteiger partial charge on any atom is 0.264 e. The second-order valence-electron chi connectivity index (χ2n) is 3.98. The van der Waals surface area contributed by atoms with E-state index in [9.17, 15) is 9.59 Å². The number of nitrogens with zero attached hydrogens (tertiary/aromatic N) is 1. The van der Waals surface area contributed by atoms with Crippen molar-refractivity contribution in [1.29, 1.82) is 0 Å². The number of rotatable bonds is 3. The van der Waals surface area contributed by atoms with Crippen LogP contribution >= 0.6 is 12.6 Å². The van der Waals surface area contributed by atoms with Gasteiger partial charge in [-0.3, -0.25) is 9.59 Å². The fourth-order valence-electron chi connectivity index (χ4n) is 1.68. The van der Waals surface area contributed by atoms with Gasteiger partial charge >= 0.3 is 0 Å². The lowest BCUT2D eigenvalue weighted by atomic mass is 10.1. The smallest absolute Gasteiger partial charge is 0.264 e. The lowest BCUT2D eigenvalue weighted by Crippen LogP contribution is -2.35. The first kappa shape index (κ1) is 12.8. The lowest BCUT2D eigenvalue weighted by Gasteiger charge is -2.26. The Balaban J connectivity index is 2.16. The molecule has 1 heterocycles. The second-order valence-corrected chi connectivity index (χ2v) is 4.29. The van der Waals surface area contributed by atoms with Crippen molar-refractivity contribution in [2.24, 2.45) is 0 Å². The predicted octanol–water partition coefficient (Wildman–Crippen LogP) is 0.588. The van der Waals surface area contributed by atoms with Crippen molar-refractivity contribution in [3.05, 3.63) is 23.8 Å². The number of anilines is 1. The first-order valence-corrected chi connectivity index (χ1v) is 6.15. The van der Waals surface area contributed by atoms with Crippen LogP contribution in [0, 0.1) is 0 Å². The Morgan fingerprint density at radius 3 is 3.06 bits per heavy atom. The molecule has 5 nitrogen and oxygen atoms in total. The molecular formula is C12H14N2O3S. The monoisotopic (exact) mass is 266 g/mol. The van der Waals surface area contributed by atoms with Crippen molar-refractivity contribution in [1.82, 2.24) is 5.32 Å². The molecule has 0 unspecified atom stereocenters. The van der Waals surface area contributed by atoms with Gasteiger partial charge in [0.2, 0.25) is 5.91 Å². The van der Waals surface area contributed by atoms with Crippen LogP contribution in [0.15, 0.2) is 18.2 Å².